The zero-order chi connectivity index (χ0) is 24.7. The minimum absolute atomic E-state index is 0.0858. The molecular weight excluding hydrogens is 466 g/mol. The molecule has 7 heteroatoms. The van der Waals surface area contributed by atoms with Crippen LogP contribution in [0.2, 0.25) is 5.02 Å². The molecule has 0 spiro atoms. The fourth-order valence-corrected chi connectivity index (χ4v) is 4.78. The van der Waals surface area contributed by atoms with E-state index in [0.717, 1.165) is 16.7 Å². The third-order valence-corrected chi connectivity index (χ3v) is 6.65. The topological polar surface area (TPSA) is 69.0 Å². The average molecular weight is 490 g/mol. The smallest absolute Gasteiger partial charge is 0.290 e. The molecule has 2 heterocycles. The molecule has 4 aromatic rings. The molecular formula is C28H24ClNO5. The van der Waals surface area contributed by atoms with E-state index in [0.29, 0.717) is 46.0 Å². The van der Waals surface area contributed by atoms with Crippen molar-refractivity contribution in [3.63, 3.8) is 0 Å². The van der Waals surface area contributed by atoms with Gasteiger partial charge in [0.15, 0.2) is 16.9 Å². The number of carbonyl (C=O) groups is 1. The first kappa shape index (κ1) is 23.0. The zero-order valence-electron chi connectivity index (χ0n) is 19.6. The second-order valence-electron chi connectivity index (χ2n) is 8.57. The minimum Gasteiger partial charge on any atom is -0.493 e. The Balaban J connectivity index is 1.58. The Kier molecular flexibility index (Phi) is 5.99. The van der Waals surface area contributed by atoms with E-state index in [1.165, 1.54) is 0 Å². The van der Waals surface area contributed by atoms with Crippen molar-refractivity contribution < 1.29 is 18.7 Å². The van der Waals surface area contributed by atoms with Gasteiger partial charge in [0, 0.05) is 11.6 Å². The summed E-state index contributed by atoms with van der Waals surface area (Å²) >= 11 is 6.16. The molecule has 1 aliphatic heterocycles. The number of carbonyl (C=O) groups excluding carboxylic acids is 1. The maximum Gasteiger partial charge on any atom is 0.290 e. The predicted molar refractivity (Wildman–Crippen MR) is 135 cm³/mol. The molecule has 178 valence electrons. The van der Waals surface area contributed by atoms with Crippen molar-refractivity contribution in [3.05, 3.63) is 104 Å². The maximum absolute atomic E-state index is 13.6. The number of nitrogens with zero attached hydrogens (tertiary/aromatic N) is 1. The van der Waals surface area contributed by atoms with E-state index in [9.17, 15) is 9.59 Å². The van der Waals surface area contributed by atoms with Crippen LogP contribution in [-0.2, 0) is 6.42 Å². The van der Waals surface area contributed by atoms with Gasteiger partial charge in [-0.05, 0) is 54.8 Å². The molecule has 1 amide bonds. The van der Waals surface area contributed by atoms with Crippen molar-refractivity contribution in [1.29, 1.82) is 0 Å². The summed E-state index contributed by atoms with van der Waals surface area (Å²) in [6, 6.07) is 17.8. The lowest BCUT2D eigenvalue weighted by atomic mass is 9.97. The van der Waals surface area contributed by atoms with Crippen LogP contribution in [-0.4, -0.2) is 31.6 Å². The van der Waals surface area contributed by atoms with Gasteiger partial charge in [-0.25, -0.2) is 0 Å². The van der Waals surface area contributed by atoms with Crippen molar-refractivity contribution >= 4 is 28.5 Å². The highest BCUT2D eigenvalue weighted by Crippen LogP contribution is 2.39. The van der Waals surface area contributed by atoms with E-state index in [1.54, 1.807) is 37.3 Å². The van der Waals surface area contributed by atoms with Gasteiger partial charge in [0.1, 0.15) is 5.58 Å². The Morgan fingerprint density at radius 2 is 1.69 bits per heavy atom. The molecule has 0 N–H and O–H groups in total. The summed E-state index contributed by atoms with van der Waals surface area (Å²) in [5, 5.41) is 0.800. The van der Waals surface area contributed by atoms with Crippen LogP contribution in [0.15, 0.2) is 69.9 Å². The highest BCUT2D eigenvalue weighted by Gasteiger charge is 2.42. The zero-order valence-corrected chi connectivity index (χ0v) is 20.4. The third kappa shape index (κ3) is 4.04. The molecule has 6 nitrogen and oxygen atoms in total. The fourth-order valence-electron chi connectivity index (χ4n) is 4.60. The normalized spacial score (nSPS) is 14.9. The largest absolute Gasteiger partial charge is 0.493 e. The highest BCUT2D eigenvalue weighted by atomic mass is 35.5. The lowest BCUT2D eigenvalue weighted by Crippen LogP contribution is -2.31. The summed E-state index contributed by atoms with van der Waals surface area (Å²) in [7, 11) is 3.18. The molecule has 0 fully saturated rings. The number of halogens is 1. The van der Waals surface area contributed by atoms with Gasteiger partial charge in [0.05, 0.1) is 31.2 Å². The summed E-state index contributed by atoms with van der Waals surface area (Å²) in [5.41, 5.74) is 3.37. The van der Waals surface area contributed by atoms with Crippen molar-refractivity contribution in [2.24, 2.45) is 0 Å². The Labute approximate surface area is 207 Å². The average Bonchev–Trinajstić information content (AvgIpc) is 3.15. The van der Waals surface area contributed by atoms with Gasteiger partial charge in [-0.2, -0.15) is 0 Å². The molecule has 0 bridgehead atoms. The monoisotopic (exact) mass is 489 g/mol. The van der Waals surface area contributed by atoms with Crippen LogP contribution < -0.4 is 14.9 Å². The van der Waals surface area contributed by atoms with Gasteiger partial charge in [-0.1, -0.05) is 47.5 Å². The molecule has 5 rings (SSSR count). The van der Waals surface area contributed by atoms with Crippen molar-refractivity contribution in [3.8, 4) is 11.5 Å². The molecule has 1 aromatic heterocycles. The fraction of sp³-hybridized carbons (Fsp3) is 0.214. The number of rotatable bonds is 6. The Hall–Kier alpha value is -3.77. The Morgan fingerprint density at radius 3 is 2.40 bits per heavy atom. The highest BCUT2D eigenvalue weighted by molar-refractivity contribution is 6.31. The van der Waals surface area contributed by atoms with Gasteiger partial charge >= 0.3 is 0 Å². The molecule has 0 aliphatic carbocycles. The number of aryl methyl sites for hydroxylation is 1. The Morgan fingerprint density at radius 1 is 0.943 bits per heavy atom. The van der Waals surface area contributed by atoms with Crippen molar-refractivity contribution in [2.75, 3.05) is 20.8 Å². The quantitative estimate of drug-likeness (QED) is 0.354. The molecule has 0 saturated carbocycles. The number of amides is 1. The van der Waals surface area contributed by atoms with Gasteiger partial charge in [0.25, 0.3) is 5.91 Å². The van der Waals surface area contributed by atoms with Crippen LogP contribution in [0.25, 0.3) is 11.0 Å². The van der Waals surface area contributed by atoms with Gasteiger partial charge in [-0.15, -0.1) is 0 Å². The van der Waals surface area contributed by atoms with E-state index in [4.69, 9.17) is 25.5 Å². The molecule has 3 aromatic carbocycles. The maximum atomic E-state index is 13.6. The van der Waals surface area contributed by atoms with E-state index in [2.05, 4.69) is 0 Å². The number of benzene rings is 3. The number of methoxy groups -OCH3 is 2. The summed E-state index contributed by atoms with van der Waals surface area (Å²) in [4.78, 5) is 28.9. The molecule has 0 unspecified atom stereocenters. The molecule has 0 radical (unpaired) electrons. The summed E-state index contributed by atoms with van der Waals surface area (Å²) < 4.78 is 16.7. The van der Waals surface area contributed by atoms with Gasteiger partial charge in [0.2, 0.25) is 5.76 Å². The van der Waals surface area contributed by atoms with Crippen LogP contribution in [0.1, 0.15) is 38.9 Å². The predicted octanol–water partition coefficient (Wildman–Crippen LogP) is 5.56. The molecule has 35 heavy (non-hydrogen) atoms. The Bertz CT molecular complexity index is 1490. The van der Waals surface area contributed by atoms with Crippen LogP contribution in [0.5, 0.6) is 11.5 Å². The number of fused-ring (bicyclic) bond motifs is 2. The van der Waals surface area contributed by atoms with Crippen LogP contribution in [0.4, 0.5) is 0 Å². The first-order valence-electron chi connectivity index (χ1n) is 11.3. The second kappa shape index (κ2) is 9.12. The van der Waals surface area contributed by atoms with E-state index in [-0.39, 0.29) is 17.1 Å². The number of ether oxygens (including phenoxy) is 2. The number of hydrogen-bond donors (Lipinski definition) is 0. The molecule has 0 saturated heterocycles. The first-order chi connectivity index (χ1) is 16.9. The minimum atomic E-state index is -0.558. The lowest BCUT2D eigenvalue weighted by Gasteiger charge is -2.25. The van der Waals surface area contributed by atoms with E-state index >= 15 is 0 Å². The summed E-state index contributed by atoms with van der Waals surface area (Å²) in [6.07, 6.45) is 0.558. The van der Waals surface area contributed by atoms with Crippen LogP contribution in [0, 0.1) is 6.92 Å². The lowest BCUT2D eigenvalue weighted by molar-refractivity contribution is 0.0730. The van der Waals surface area contributed by atoms with Crippen LogP contribution >= 0.6 is 11.6 Å². The second-order valence-corrected chi connectivity index (χ2v) is 9.00. The summed E-state index contributed by atoms with van der Waals surface area (Å²) in [6.45, 7) is 2.38. The molecule has 1 atom stereocenters. The number of hydrogen-bond acceptors (Lipinski definition) is 5. The molecule has 1 aliphatic rings. The standard InChI is InChI=1S/C28H24ClNO5/c1-16-4-7-18(8-5-16)25-24-26(31)20-15-19(29)9-11-21(20)35-27(24)28(32)30(25)13-12-17-6-10-22(33-2)23(14-17)34-3/h4-11,14-15,25H,12-13H2,1-3H3/t25-/m0/s1. The summed E-state index contributed by atoms with van der Waals surface area (Å²) in [5.74, 6) is 1.04. The van der Waals surface area contributed by atoms with Gasteiger partial charge in [-0.3, -0.25) is 9.59 Å². The first-order valence-corrected chi connectivity index (χ1v) is 11.6. The van der Waals surface area contributed by atoms with Gasteiger partial charge < -0.3 is 18.8 Å². The van der Waals surface area contributed by atoms with E-state index in [1.807, 2.05) is 49.4 Å². The van der Waals surface area contributed by atoms with Crippen LogP contribution in [0.3, 0.4) is 0 Å². The van der Waals surface area contributed by atoms with Crippen molar-refractivity contribution in [1.82, 2.24) is 4.90 Å². The SMILES string of the molecule is COc1ccc(CCN2C(=O)c3oc4ccc(Cl)cc4c(=O)c3[C@@H]2c2ccc(C)cc2)cc1OC. The third-order valence-electron chi connectivity index (χ3n) is 6.41. The van der Waals surface area contributed by atoms with Crippen molar-refractivity contribution in [2.45, 2.75) is 19.4 Å². The van der Waals surface area contributed by atoms with E-state index < -0.39 is 6.04 Å².